The molecule has 3 saturated heterocycles. The van der Waals surface area contributed by atoms with E-state index in [0.29, 0.717) is 6.42 Å². The number of hydrogen-bond donors (Lipinski definition) is 12. The summed E-state index contributed by atoms with van der Waals surface area (Å²) in [7, 11) is 0. The minimum absolute atomic E-state index is 0.246. The lowest BCUT2D eigenvalue weighted by Crippen LogP contribution is -2.66. The van der Waals surface area contributed by atoms with E-state index in [9.17, 15) is 61.0 Å². The summed E-state index contributed by atoms with van der Waals surface area (Å²) < 4.78 is 34.5. The zero-order valence-corrected chi connectivity index (χ0v) is 63.1. The van der Waals surface area contributed by atoms with Crippen LogP contribution < -0.4 is 5.32 Å². The summed E-state index contributed by atoms with van der Waals surface area (Å²) in [5.74, 6) is -0.270. The van der Waals surface area contributed by atoms with Gasteiger partial charge in [0.1, 0.15) is 73.2 Å². The minimum atomic E-state index is -1.98. The Kier molecular flexibility index (Phi) is 57.4. The zero-order chi connectivity index (χ0) is 73.2. The molecule has 3 aliphatic rings. The first-order chi connectivity index (χ1) is 49.3. The average molecular weight is 1440 g/mol. The molecule has 3 fully saturated rings. The second kappa shape index (κ2) is 62.5. The highest BCUT2D eigenvalue weighted by Crippen LogP contribution is 2.33. The Hall–Kier alpha value is -2.51. The maximum absolute atomic E-state index is 13.5. The molecule has 17 unspecified atom stereocenters. The Morgan fingerprint density at radius 1 is 0.366 bits per heavy atom. The van der Waals surface area contributed by atoms with Crippen LogP contribution in [0.2, 0.25) is 0 Å². The Labute approximate surface area is 611 Å². The van der Waals surface area contributed by atoms with Crippen molar-refractivity contribution in [2.45, 2.75) is 426 Å². The summed E-state index contributed by atoms with van der Waals surface area (Å²) in [5.41, 5.74) is 0. The molecule has 17 atom stereocenters. The molecule has 0 radical (unpaired) electrons. The molecular weight excluding hydrogens is 1290 g/mol. The van der Waals surface area contributed by atoms with Crippen molar-refractivity contribution in [2.75, 3.05) is 26.4 Å². The first kappa shape index (κ1) is 92.7. The molecule has 19 heteroatoms. The van der Waals surface area contributed by atoms with Gasteiger partial charge in [0.05, 0.1) is 38.6 Å². The van der Waals surface area contributed by atoms with Crippen molar-refractivity contribution in [3.05, 3.63) is 60.8 Å². The molecule has 3 aliphatic heterocycles. The van der Waals surface area contributed by atoms with E-state index in [1.807, 2.05) is 6.08 Å². The summed E-state index contributed by atoms with van der Waals surface area (Å²) in [6.07, 6.45) is 53.6. The van der Waals surface area contributed by atoms with Gasteiger partial charge in [-0.25, -0.2) is 0 Å². The number of aliphatic hydroxyl groups is 11. The fourth-order valence-corrected chi connectivity index (χ4v) is 13.8. The van der Waals surface area contributed by atoms with Crippen molar-refractivity contribution in [3.8, 4) is 0 Å². The summed E-state index contributed by atoms with van der Waals surface area (Å²) >= 11 is 0. The van der Waals surface area contributed by atoms with E-state index in [1.54, 1.807) is 6.08 Å². The van der Waals surface area contributed by atoms with Gasteiger partial charge in [0.2, 0.25) is 5.91 Å². The number of unbranched alkanes of at least 4 members (excludes halogenated alkanes) is 41. The third kappa shape index (κ3) is 42.6. The van der Waals surface area contributed by atoms with Gasteiger partial charge in [-0.2, -0.15) is 0 Å². The molecule has 590 valence electrons. The number of rotatable bonds is 65. The largest absolute Gasteiger partial charge is 0.394 e. The van der Waals surface area contributed by atoms with Crippen LogP contribution in [0.5, 0.6) is 0 Å². The quantitative estimate of drug-likeness (QED) is 0.0199. The molecular formula is C82H149NO18. The minimum Gasteiger partial charge on any atom is -0.394 e. The maximum Gasteiger partial charge on any atom is 0.220 e. The van der Waals surface area contributed by atoms with E-state index >= 15 is 0 Å². The number of aliphatic hydroxyl groups excluding tert-OH is 11. The summed E-state index contributed by atoms with van der Waals surface area (Å²) in [6.45, 7) is 1.66. The molecule has 0 aromatic carbocycles. The molecule has 0 bridgehead atoms. The van der Waals surface area contributed by atoms with Crippen LogP contribution in [0.1, 0.15) is 322 Å². The van der Waals surface area contributed by atoms with Gasteiger partial charge in [-0.05, 0) is 57.8 Å². The van der Waals surface area contributed by atoms with E-state index in [0.717, 1.165) is 70.6 Å². The van der Waals surface area contributed by atoms with Crippen molar-refractivity contribution >= 4 is 5.91 Å². The zero-order valence-electron chi connectivity index (χ0n) is 63.1. The van der Waals surface area contributed by atoms with Crippen LogP contribution >= 0.6 is 0 Å². The van der Waals surface area contributed by atoms with E-state index in [2.05, 4.69) is 67.8 Å². The maximum atomic E-state index is 13.5. The van der Waals surface area contributed by atoms with Crippen LogP contribution in [0.25, 0.3) is 0 Å². The Bertz CT molecular complexity index is 2060. The van der Waals surface area contributed by atoms with E-state index in [1.165, 1.54) is 225 Å². The Morgan fingerprint density at radius 2 is 0.683 bits per heavy atom. The van der Waals surface area contributed by atoms with Crippen LogP contribution in [-0.4, -0.2) is 193 Å². The van der Waals surface area contributed by atoms with Gasteiger partial charge in [0, 0.05) is 6.42 Å². The normalized spacial score (nSPS) is 26.6. The number of allylic oxidation sites excluding steroid dienone is 9. The van der Waals surface area contributed by atoms with Gasteiger partial charge < -0.3 is 89.9 Å². The van der Waals surface area contributed by atoms with Gasteiger partial charge in [0.15, 0.2) is 18.9 Å². The second-order valence-corrected chi connectivity index (χ2v) is 29.2. The molecule has 12 N–H and O–H groups in total. The predicted molar refractivity (Wildman–Crippen MR) is 402 cm³/mol. The lowest BCUT2D eigenvalue weighted by atomic mass is 9.96. The lowest BCUT2D eigenvalue weighted by Gasteiger charge is -2.48. The van der Waals surface area contributed by atoms with Crippen molar-refractivity contribution < 1.29 is 89.4 Å². The van der Waals surface area contributed by atoms with Crippen LogP contribution in [0.3, 0.4) is 0 Å². The smallest absolute Gasteiger partial charge is 0.220 e. The number of nitrogens with one attached hydrogen (secondary N) is 1. The van der Waals surface area contributed by atoms with Crippen LogP contribution in [-0.2, 0) is 33.2 Å². The molecule has 0 saturated carbocycles. The van der Waals surface area contributed by atoms with E-state index < -0.39 is 124 Å². The first-order valence-corrected chi connectivity index (χ1v) is 41.0. The summed E-state index contributed by atoms with van der Waals surface area (Å²) in [5, 5.41) is 121. The highest BCUT2D eigenvalue weighted by molar-refractivity contribution is 5.76. The SMILES string of the molecule is CC/C=C\C/C=C\C/C=C\C/C=C\CCCCCCCCCCCCCCCCCCCCCCCCCCC(=O)NC(COC1OC(CO)C(OC2OC(CO)C(OC3OC(CO)C(O)C(O)C3O)C(O)C2O)C(O)C1O)C(O)/C=C/CCCCCCCCCCCCCCCCCCC. The molecule has 3 heterocycles. The monoisotopic (exact) mass is 1440 g/mol. The van der Waals surface area contributed by atoms with Gasteiger partial charge >= 0.3 is 0 Å². The number of carbonyl (C=O) groups excluding carboxylic acids is 1. The van der Waals surface area contributed by atoms with Crippen molar-refractivity contribution in [1.29, 1.82) is 0 Å². The number of amides is 1. The standard InChI is InChI=1S/C82H149NO18/c1-3-5-7-9-11-13-15-17-19-21-23-24-25-26-27-28-29-30-31-32-33-34-35-36-37-38-39-40-42-44-46-48-50-52-54-56-58-60-70(88)83-65(66(87)59-57-55-53-51-49-47-45-43-41-22-20-18-16-14-12-10-8-6-4-2)64-96-80-76(94)73(91)78(68(62-85)98-80)101-82-77(95)74(92)79(69(63-86)99-82)100-81-75(93)72(90)71(89)67(61-84)97-81/h5,7,11,13,17,19,23-24,57,59,65-69,71-82,84-87,89-95H,3-4,6,8-10,12,14-16,18,20-22,25-56,58,60-64H2,1-2H3,(H,83,88)/b7-5-,13-11-,19-17-,24-23-,59-57+. The van der Waals surface area contributed by atoms with Gasteiger partial charge in [0.25, 0.3) is 0 Å². The first-order valence-electron chi connectivity index (χ1n) is 41.0. The molecule has 0 aliphatic carbocycles. The number of carbonyl (C=O) groups is 1. The van der Waals surface area contributed by atoms with Gasteiger partial charge in [-0.3, -0.25) is 4.79 Å². The summed E-state index contributed by atoms with van der Waals surface area (Å²) in [4.78, 5) is 13.5. The van der Waals surface area contributed by atoms with E-state index in [4.69, 9.17) is 28.4 Å². The van der Waals surface area contributed by atoms with Gasteiger partial charge in [-0.15, -0.1) is 0 Å². The fraction of sp³-hybridized carbons (Fsp3) is 0.866. The third-order valence-electron chi connectivity index (χ3n) is 20.3. The number of hydrogen-bond acceptors (Lipinski definition) is 18. The van der Waals surface area contributed by atoms with Crippen molar-refractivity contribution in [3.63, 3.8) is 0 Å². The number of ether oxygens (including phenoxy) is 6. The van der Waals surface area contributed by atoms with Crippen LogP contribution in [0.15, 0.2) is 60.8 Å². The fourth-order valence-electron chi connectivity index (χ4n) is 13.8. The predicted octanol–water partition coefficient (Wildman–Crippen LogP) is 13.8. The molecule has 1 amide bonds. The molecule has 101 heavy (non-hydrogen) atoms. The van der Waals surface area contributed by atoms with Crippen LogP contribution in [0, 0.1) is 0 Å². The molecule has 19 nitrogen and oxygen atoms in total. The third-order valence-corrected chi connectivity index (χ3v) is 20.3. The van der Waals surface area contributed by atoms with Crippen molar-refractivity contribution in [2.24, 2.45) is 0 Å². The highest BCUT2D eigenvalue weighted by Gasteiger charge is 2.54. The second-order valence-electron chi connectivity index (χ2n) is 29.2. The molecule has 0 aromatic rings. The van der Waals surface area contributed by atoms with E-state index in [-0.39, 0.29) is 18.9 Å². The van der Waals surface area contributed by atoms with Crippen LogP contribution in [0.4, 0.5) is 0 Å². The topological polar surface area (TPSA) is 307 Å². The Morgan fingerprint density at radius 3 is 1.07 bits per heavy atom. The molecule has 0 aromatic heterocycles. The van der Waals surface area contributed by atoms with Crippen molar-refractivity contribution in [1.82, 2.24) is 5.32 Å². The lowest BCUT2D eigenvalue weighted by molar-refractivity contribution is -0.379. The highest BCUT2D eigenvalue weighted by atomic mass is 16.8. The molecule has 3 rings (SSSR count). The van der Waals surface area contributed by atoms with Gasteiger partial charge in [-0.1, -0.05) is 319 Å². The molecule has 0 spiro atoms. The average Bonchev–Trinajstić information content (AvgIpc) is 0.789. The summed E-state index contributed by atoms with van der Waals surface area (Å²) in [6, 6.07) is -0.973. The Balaban J connectivity index is 1.32.